The number of anilines is 1. The maximum Gasteiger partial charge on any atom is 0.181 e. The molecule has 5 heterocycles. The van der Waals surface area contributed by atoms with Crippen LogP contribution in [-0.4, -0.2) is 60.7 Å². The zero-order valence-corrected chi connectivity index (χ0v) is 25.4. The molecule has 1 fully saturated rings. The van der Waals surface area contributed by atoms with E-state index in [2.05, 4.69) is 67.9 Å². The lowest BCUT2D eigenvalue weighted by Gasteiger charge is -2.09. The summed E-state index contributed by atoms with van der Waals surface area (Å²) >= 11 is 0. The normalized spacial score (nSPS) is 12.9. The number of nitrogens with zero attached hydrogens (tertiary/aromatic N) is 6. The number of H-pyrrole nitrogens is 2. The fraction of sp³-hybridized carbons (Fsp3) is 0.265. The van der Waals surface area contributed by atoms with Gasteiger partial charge in [-0.05, 0) is 94.2 Å². The highest BCUT2D eigenvalue weighted by molar-refractivity contribution is 5.96. The van der Waals surface area contributed by atoms with Gasteiger partial charge in [0.05, 0.1) is 22.8 Å². The predicted octanol–water partition coefficient (Wildman–Crippen LogP) is 7.37. The zero-order chi connectivity index (χ0) is 30.8. The van der Waals surface area contributed by atoms with Crippen molar-refractivity contribution in [3.05, 3.63) is 84.8 Å². The summed E-state index contributed by atoms with van der Waals surface area (Å²) in [6.07, 6.45) is 10.7. The molecule has 6 aromatic rings. The van der Waals surface area contributed by atoms with E-state index in [1.807, 2.05) is 37.4 Å². The van der Waals surface area contributed by atoms with Gasteiger partial charge >= 0.3 is 0 Å². The quantitative estimate of drug-likeness (QED) is 0.170. The van der Waals surface area contributed by atoms with Crippen LogP contribution in [0.5, 0.6) is 0 Å². The van der Waals surface area contributed by atoms with Crippen LogP contribution in [-0.2, 0) is 0 Å². The number of imidazole rings is 1. The lowest BCUT2D eigenvalue weighted by molar-refractivity contribution is 0.408. The number of hydrogen-bond acceptors (Lipinski definition) is 7. The Labute approximate surface area is 255 Å². The van der Waals surface area contributed by atoms with Gasteiger partial charge in [-0.2, -0.15) is 5.10 Å². The van der Waals surface area contributed by atoms with Crippen LogP contribution in [0.25, 0.3) is 56.0 Å². The second-order valence-electron chi connectivity index (χ2n) is 11.5. The topological polar surface area (TPSA) is 111 Å². The number of pyridine rings is 3. The molecule has 3 N–H and O–H groups in total. The fourth-order valence-corrected chi connectivity index (χ4v) is 5.23. The van der Waals surface area contributed by atoms with Gasteiger partial charge in [0, 0.05) is 41.0 Å². The molecule has 10 heteroatoms. The molecule has 0 radical (unpaired) electrons. The van der Waals surface area contributed by atoms with Crippen molar-refractivity contribution >= 4 is 27.9 Å². The third-order valence-electron chi connectivity index (χ3n) is 7.51. The molecule has 1 aromatic carbocycles. The monoisotopic (exact) mass is 589 g/mol. The highest BCUT2D eigenvalue weighted by Crippen LogP contribution is 2.36. The summed E-state index contributed by atoms with van der Waals surface area (Å²) in [4.78, 5) is 23.7. The largest absolute Gasteiger partial charge is 0.358 e. The molecule has 5 aromatic heterocycles. The number of nitrogens with one attached hydrogen (secondary N) is 3. The molecule has 0 saturated heterocycles. The van der Waals surface area contributed by atoms with Crippen LogP contribution >= 0.6 is 0 Å². The number of rotatable bonds is 8. The van der Waals surface area contributed by atoms with Gasteiger partial charge in [0.25, 0.3) is 0 Å². The Morgan fingerprint density at radius 3 is 2.57 bits per heavy atom. The number of aryl methyl sites for hydroxylation is 1. The number of allylic oxidation sites excluding steroid dienone is 1. The number of halogens is 1. The predicted molar refractivity (Wildman–Crippen MR) is 174 cm³/mol. The number of fused-ring (bicyclic) bond motifs is 2. The molecule has 0 spiro atoms. The Bertz CT molecular complexity index is 1930. The maximum atomic E-state index is 14.1. The minimum atomic E-state index is -0.284. The summed E-state index contributed by atoms with van der Waals surface area (Å²) in [5.41, 5.74) is 8.69. The van der Waals surface area contributed by atoms with Gasteiger partial charge in [-0.15, -0.1) is 0 Å². The molecule has 0 bridgehead atoms. The smallest absolute Gasteiger partial charge is 0.181 e. The Hall–Kier alpha value is -4.96. The molecule has 0 aliphatic heterocycles. The Kier molecular flexibility index (Phi) is 8.17. The van der Waals surface area contributed by atoms with E-state index in [0.29, 0.717) is 28.7 Å². The minimum Gasteiger partial charge on any atom is -0.358 e. The third kappa shape index (κ3) is 6.35. The maximum absolute atomic E-state index is 14.1. The van der Waals surface area contributed by atoms with Gasteiger partial charge in [0.1, 0.15) is 11.5 Å². The van der Waals surface area contributed by atoms with Crippen LogP contribution in [0.2, 0.25) is 0 Å². The van der Waals surface area contributed by atoms with Gasteiger partial charge in [-0.25, -0.2) is 19.3 Å². The van der Waals surface area contributed by atoms with Gasteiger partial charge in [0.2, 0.25) is 0 Å². The van der Waals surface area contributed by atoms with E-state index in [1.165, 1.54) is 37.9 Å². The molecule has 1 aliphatic carbocycles. The second kappa shape index (κ2) is 12.3. The van der Waals surface area contributed by atoms with E-state index in [9.17, 15) is 4.39 Å². The summed E-state index contributed by atoms with van der Waals surface area (Å²) in [5, 5.41) is 11.6. The van der Waals surface area contributed by atoms with Gasteiger partial charge in [-0.1, -0.05) is 19.6 Å². The summed E-state index contributed by atoms with van der Waals surface area (Å²) in [6.45, 7) is 9.41. The molecule has 224 valence electrons. The molecule has 0 unspecified atom stereocenters. The lowest BCUT2D eigenvalue weighted by Crippen LogP contribution is -2.11. The van der Waals surface area contributed by atoms with Crippen molar-refractivity contribution in [3.8, 4) is 33.8 Å². The Morgan fingerprint density at radius 1 is 1.02 bits per heavy atom. The van der Waals surface area contributed by atoms with Crippen LogP contribution < -0.4 is 5.32 Å². The summed E-state index contributed by atoms with van der Waals surface area (Å²) < 4.78 is 14.1. The number of aromatic nitrogens is 7. The third-order valence-corrected chi connectivity index (χ3v) is 7.51. The van der Waals surface area contributed by atoms with E-state index in [-0.39, 0.29) is 5.82 Å². The lowest BCUT2D eigenvalue weighted by atomic mass is 10.0. The Balaban J connectivity index is 0.000000523. The van der Waals surface area contributed by atoms with Crippen LogP contribution in [0.15, 0.2) is 73.5 Å². The van der Waals surface area contributed by atoms with Crippen molar-refractivity contribution < 1.29 is 4.39 Å². The van der Waals surface area contributed by atoms with Gasteiger partial charge < -0.3 is 15.2 Å². The van der Waals surface area contributed by atoms with E-state index in [1.54, 1.807) is 18.6 Å². The van der Waals surface area contributed by atoms with Crippen LogP contribution in [0.1, 0.15) is 31.7 Å². The first-order chi connectivity index (χ1) is 21.3. The molecule has 7 rings (SSSR count). The summed E-state index contributed by atoms with van der Waals surface area (Å²) in [7, 11) is 4.17. The van der Waals surface area contributed by atoms with E-state index >= 15 is 0 Å². The van der Waals surface area contributed by atoms with Gasteiger partial charge in [-0.3, -0.25) is 10.1 Å². The summed E-state index contributed by atoms with van der Waals surface area (Å²) in [6, 6.07) is 10.9. The van der Waals surface area contributed by atoms with Crippen molar-refractivity contribution in [2.45, 2.75) is 33.1 Å². The first kappa shape index (κ1) is 29.1. The van der Waals surface area contributed by atoms with Crippen molar-refractivity contribution in [3.63, 3.8) is 0 Å². The van der Waals surface area contributed by atoms with Crippen molar-refractivity contribution in [1.29, 1.82) is 0 Å². The minimum absolute atomic E-state index is 0.284. The van der Waals surface area contributed by atoms with Crippen molar-refractivity contribution in [2.75, 3.05) is 26.0 Å². The molecule has 1 aliphatic rings. The highest BCUT2D eigenvalue weighted by Gasteiger charge is 2.24. The molecule has 44 heavy (non-hydrogen) atoms. The van der Waals surface area contributed by atoms with Gasteiger partial charge in [0.15, 0.2) is 17.1 Å². The summed E-state index contributed by atoms with van der Waals surface area (Å²) in [5.74, 6) is 0.839. The number of aromatic amines is 2. The van der Waals surface area contributed by atoms with E-state index < -0.39 is 0 Å². The Morgan fingerprint density at radius 2 is 1.84 bits per heavy atom. The van der Waals surface area contributed by atoms with E-state index in [0.717, 1.165) is 50.1 Å². The molecule has 0 atom stereocenters. The van der Waals surface area contributed by atoms with Crippen LogP contribution in [0.3, 0.4) is 0 Å². The van der Waals surface area contributed by atoms with Crippen LogP contribution in [0, 0.1) is 18.7 Å². The average Bonchev–Trinajstić information content (AvgIpc) is 3.63. The number of benzene rings is 1. The second-order valence-corrected chi connectivity index (χ2v) is 11.5. The number of hydrogen-bond donors (Lipinski definition) is 3. The van der Waals surface area contributed by atoms with E-state index in [4.69, 9.17) is 4.98 Å². The first-order valence-corrected chi connectivity index (χ1v) is 14.8. The molecular formula is C34H36FN9. The molecular weight excluding hydrogens is 553 g/mol. The molecule has 9 nitrogen and oxygen atoms in total. The van der Waals surface area contributed by atoms with Crippen molar-refractivity contribution in [1.82, 2.24) is 40.0 Å². The standard InChI is InChI=1S/C29H23FN8.C5H13N/c1-15-7-18(9-21(30)8-15)23-5-6-32-28-25(23)35-29(36-28)26-24-11-20(13-33-27(24)38-37-26)19-10-22(14-31-12-19)34-16(2)17-3-4-17;1-4-5-6(2)3/h5-14,17,34H,2-4H2,1H3,(H,32,35,36)(H,33,37,38);4-5H2,1-3H3. The fourth-order valence-electron chi connectivity index (χ4n) is 5.23. The highest BCUT2D eigenvalue weighted by atomic mass is 19.1. The zero-order valence-electron chi connectivity index (χ0n) is 25.4. The average molecular weight is 590 g/mol. The molecule has 1 saturated carbocycles. The first-order valence-electron chi connectivity index (χ1n) is 14.8. The molecule has 0 amide bonds. The van der Waals surface area contributed by atoms with Crippen LogP contribution in [0.4, 0.5) is 10.1 Å². The SMILES string of the molecule is C=C(Nc1cncc(-c2cnc3n[nH]c(-c4nc5nccc(-c6cc(C)cc(F)c6)c5[nH]4)c3c2)c1)C1CC1.CCCN(C)C. The van der Waals surface area contributed by atoms with Crippen molar-refractivity contribution in [2.24, 2.45) is 5.92 Å².